The summed E-state index contributed by atoms with van der Waals surface area (Å²) in [7, 11) is 1.63. The van der Waals surface area contributed by atoms with Crippen molar-refractivity contribution in [2.45, 2.75) is 31.8 Å². The quantitative estimate of drug-likeness (QED) is 0.296. The summed E-state index contributed by atoms with van der Waals surface area (Å²) in [5.74, 6) is -1.46. The number of likely N-dealkylation sites (tertiary alicyclic amines) is 1. The van der Waals surface area contributed by atoms with Crippen LogP contribution in [0.1, 0.15) is 44.7 Å². The van der Waals surface area contributed by atoms with Gasteiger partial charge in [-0.2, -0.15) is 0 Å². The van der Waals surface area contributed by atoms with Gasteiger partial charge in [0.1, 0.15) is 11.6 Å². The van der Waals surface area contributed by atoms with E-state index in [9.17, 15) is 19.5 Å². The first-order chi connectivity index (χ1) is 19.3. The predicted octanol–water partition coefficient (Wildman–Crippen LogP) is 3.79. The van der Waals surface area contributed by atoms with Crippen LogP contribution in [0.15, 0.2) is 46.0 Å². The van der Waals surface area contributed by atoms with Gasteiger partial charge in [0.25, 0.3) is 11.8 Å². The van der Waals surface area contributed by atoms with Gasteiger partial charge in [-0.25, -0.2) is 4.79 Å². The molecule has 2 amide bonds. The fourth-order valence-electron chi connectivity index (χ4n) is 5.19. The summed E-state index contributed by atoms with van der Waals surface area (Å²) in [6.45, 7) is 2.27. The summed E-state index contributed by atoms with van der Waals surface area (Å²) >= 11 is 13.2. The van der Waals surface area contributed by atoms with Crippen molar-refractivity contribution in [3.8, 4) is 0 Å². The van der Waals surface area contributed by atoms with Crippen molar-refractivity contribution in [1.29, 1.82) is 0 Å². The van der Waals surface area contributed by atoms with E-state index in [2.05, 4.69) is 15.6 Å². The molecule has 2 aromatic carbocycles. The fraction of sp³-hybridized carbons (Fsp3) is 0.357. The highest BCUT2D eigenvalue weighted by atomic mass is 35.5. The smallest absolute Gasteiger partial charge is 0.328 e. The van der Waals surface area contributed by atoms with Crippen LogP contribution in [0.5, 0.6) is 0 Å². The van der Waals surface area contributed by atoms with Crippen LogP contribution in [0, 0.1) is 0 Å². The Morgan fingerprint density at radius 3 is 2.60 bits per heavy atom. The molecule has 0 saturated carbocycles. The molecule has 0 bridgehead atoms. The van der Waals surface area contributed by atoms with Crippen molar-refractivity contribution in [2.24, 2.45) is 4.99 Å². The van der Waals surface area contributed by atoms with Crippen LogP contribution in [0.3, 0.4) is 0 Å². The molecule has 12 heteroatoms. The van der Waals surface area contributed by atoms with E-state index in [1.807, 2.05) is 17.0 Å². The van der Waals surface area contributed by atoms with Crippen LogP contribution in [-0.2, 0) is 17.8 Å². The number of guanidine groups is 1. The number of rotatable bonds is 6. The molecular formula is C28H29Cl2N5O5. The summed E-state index contributed by atoms with van der Waals surface area (Å²) < 4.78 is 5.43. The molecule has 3 N–H and O–H groups in total. The Labute approximate surface area is 240 Å². The number of nitrogens with zero attached hydrogens (tertiary/aromatic N) is 3. The summed E-state index contributed by atoms with van der Waals surface area (Å²) in [6.07, 6.45) is 4.08. The maximum Gasteiger partial charge on any atom is 0.328 e. The van der Waals surface area contributed by atoms with E-state index in [-0.39, 0.29) is 34.6 Å². The third kappa shape index (κ3) is 5.59. The van der Waals surface area contributed by atoms with Crippen LogP contribution in [0.25, 0.3) is 11.0 Å². The molecule has 0 radical (unpaired) electrons. The number of aliphatic carboxylic acids is 1. The number of fused-ring (bicyclic) bond motifs is 2. The van der Waals surface area contributed by atoms with Gasteiger partial charge >= 0.3 is 5.97 Å². The van der Waals surface area contributed by atoms with Crippen LogP contribution < -0.4 is 10.6 Å². The first kappa shape index (κ1) is 27.8. The van der Waals surface area contributed by atoms with Gasteiger partial charge in [0, 0.05) is 50.7 Å². The highest BCUT2D eigenvalue weighted by molar-refractivity contribution is 6.40. The number of nitrogens with one attached hydrogen (secondary N) is 2. The van der Waals surface area contributed by atoms with E-state index in [4.69, 9.17) is 27.6 Å². The van der Waals surface area contributed by atoms with Crippen molar-refractivity contribution >= 4 is 57.9 Å². The Morgan fingerprint density at radius 1 is 1.10 bits per heavy atom. The number of carbonyl (C=O) groups excluding carboxylic acids is 2. The molecule has 2 aliphatic heterocycles. The van der Waals surface area contributed by atoms with Gasteiger partial charge in [-0.1, -0.05) is 29.3 Å². The second kappa shape index (κ2) is 11.8. The van der Waals surface area contributed by atoms with Crippen LogP contribution >= 0.6 is 23.2 Å². The van der Waals surface area contributed by atoms with Gasteiger partial charge < -0.3 is 30.0 Å². The molecule has 5 rings (SSSR count). The first-order valence-corrected chi connectivity index (χ1v) is 13.8. The molecule has 1 fully saturated rings. The third-order valence-electron chi connectivity index (χ3n) is 7.31. The lowest BCUT2D eigenvalue weighted by atomic mass is 9.96. The lowest BCUT2D eigenvalue weighted by molar-refractivity contribution is -0.139. The average Bonchev–Trinajstić information content (AvgIpc) is 3.64. The number of carbonyl (C=O) groups is 3. The lowest BCUT2D eigenvalue weighted by Gasteiger charge is -2.30. The third-order valence-corrected chi connectivity index (χ3v) is 8.02. The van der Waals surface area contributed by atoms with E-state index in [1.165, 1.54) is 0 Å². The fourth-order valence-corrected chi connectivity index (χ4v) is 5.95. The Hall–Kier alpha value is -3.76. The highest BCUT2D eigenvalue weighted by Gasteiger charge is 2.30. The molecule has 1 atom stereocenters. The Balaban J connectivity index is 1.29. The molecule has 1 aromatic heterocycles. The molecule has 3 aromatic rings. The zero-order valence-corrected chi connectivity index (χ0v) is 23.4. The number of hydrogen-bond donors (Lipinski definition) is 3. The second-order valence-electron chi connectivity index (χ2n) is 9.82. The van der Waals surface area contributed by atoms with Gasteiger partial charge in [0.05, 0.1) is 21.9 Å². The minimum Gasteiger partial charge on any atom is -0.480 e. The molecule has 0 unspecified atom stereocenters. The normalized spacial score (nSPS) is 16.1. The largest absolute Gasteiger partial charge is 0.480 e. The number of carboxylic acids is 1. The van der Waals surface area contributed by atoms with Crippen molar-refractivity contribution in [3.63, 3.8) is 0 Å². The van der Waals surface area contributed by atoms with E-state index in [0.717, 1.165) is 36.9 Å². The number of carboxylic acid groups (broad SMARTS) is 1. The van der Waals surface area contributed by atoms with Gasteiger partial charge in [-0.05, 0) is 54.7 Å². The minimum atomic E-state index is -1.24. The molecule has 0 aliphatic carbocycles. The molecule has 2 aliphatic rings. The van der Waals surface area contributed by atoms with Crippen LogP contribution in [0.4, 0.5) is 0 Å². The van der Waals surface area contributed by atoms with Gasteiger partial charge in [0.15, 0.2) is 5.96 Å². The number of aliphatic imine (C=N–C) groups is 1. The number of benzene rings is 2. The summed E-state index contributed by atoms with van der Waals surface area (Å²) in [4.78, 5) is 46.3. The Morgan fingerprint density at radius 2 is 1.88 bits per heavy atom. The summed E-state index contributed by atoms with van der Waals surface area (Å²) in [6, 6.07) is 7.53. The topological polar surface area (TPSA) is 127 Å². The van der Waals surface area contributed by atoms with Crippen molar-refractivity contribution in [2.75, 3.05) is 33.2 Å². The van der Waals surface area contributed by atoms with Gasteiger partial charge in [-0.3, -0.25) is 14.6 Å². The zero-order chi connectivity index (χ0) is 28.4. The van der Waals surface area contributed by atoms with E-state index >= 15 is 0 Å². The Bertz CT molecular complexity index is 1500. The SMILES string of the molecule is CN=C(NC[C@H](NC(=O)c1c(Cl)cc2c(c1Cl)CCN(C(=O)c1ccc3ccoc3c1)C2)C(=O)O)N1CCCC1. The number of furan rings is 1. The van der Waals surface area contributed by atoms with E-state index in [1.54, 1.807) is 36.4 Å². The van der Waals surface area contributed by atoms with Crippen molar-refractivity contribution < 1.29 is 23.9 Å². The predicted molar refractivity (Wildman–Crippen MR) is 152 cm³/mol. The number of amides is 2. The van der Waals surface area contributed by atoms with Crippen LogP contribution in [-0.4, -0.2) is 77.9 Å². The molecule has 10 nitrogen and oxygen atoms in total. The number of halogens is 2. The van der Waals surface area contributed by atoms with Gasteiger partial charge in [0.2, 0.25) is 0 Å². The molecule has 40 heavy (non-hydrogen) atoms. The monoisotopic (exact) mass is 585 g/mol. The minimum absolute atomic E-state index is 0.0142. The first-order valence-electron chi connectivity index (χ1n) is 13.0. The molecular weight excluding hydrogens is 557 g/mol. The Kier molecular flexibility index (Phi) is 8.18. The lowest BCUT2D eigenvalue weighted by Crippen LogP contribution is -2.51. The summed E-state index contributed by atoms with van der Waals surface area (Å²) in [5.41, 5.74) is 2.60. The van der Waals surface area contributed by atoms with E-state index < -0.39 is 17.9 Å². The maximum atomic E-state index is 13.2. The van der Waals surface area contributed by atoms with Crippen molar-refractivity contribution in [3.05, 3.63) is 68.9 Å². The highest BCUT2D eigenvalue weighted by Crippen LogP contribution is 2.35. The molecule has 1 saturated heterocycles. The molecule has 0 spiro atoms. The van der Waals surface area contributed by atoms with Gasteiger partial charge in [-0.15, -0.1) is 0 Å². The van der Waals surface area contributed by atoms with Crippen LogP contribution in [0.2, 0.25) is 10.0 Å². The molecule has 3 heterocycles. The number of hydrogen-bond acceptors (Lipinski definition) is 5. The zero-order valence-electron chi connectivity index (χ0n) is 21.9. The standard InChI is InChI=1S/C28H29Cl2N5O5/c1-31-28(34-8-2-3-9-34)32-14-21(27(38)39)33-25(36)23-20(29)12-18-15-35(10-6-19(18)24(23)30)26(37)17-5-4-16-7-11-40-22(16)13-17/h4-5,7,11-13,21H,2-3,6,8-10,14-15H2,1H3,(H,31,32)(H,33,36)(H,38,39)/t21-/m0/s1. The average molecular weight is 586 g/mol. The van der Waals surface area contributed by atoms with E-state index in [0.29, 0.717) is 35.6 Å². The summed E-state index contributed by atoms with van der Waals surface area (Å²) in [5, 5.41) is 16.5. The maximum absolute atomic E-state index is 13.2. The second-order valence-corrected chi connectivity index (χ2v) is 10.6. The van der Waals surface area contributed by atoms with Crippen molar-refractivity contribution in [1.82, 2.24) is 20.4 Å². The molecule has 210 valence electrons.